The van der Waals surface area contributed by atoms with Crippen molar-refractivity contribution in [3.8, 4) is 11.6 Å². The summed E-state index contributed by atoms with van der Waals surface area (Å²) < 4.78 is 1.63. The molecule has 1 aromatic carbocycles. The third-order valence-corrected chi connectivity index (χ3v) is 3.52. The zero-order chi connectivity index (χ0) is 14.4. The van der Waals surface area contributed by atoms with Gasteiger partial charge in [-0.15, -0.1) is 0 Å². The molecule has 0 aliphatic rings. The number of aromatic nitrogens is 2. The maximum Gasteiger partial charge on any atom is 0.218 e. The third-order valence-electron chi connectivity index (χ3n) is 3.52. The second kappa shape index (κ2) is 4.41. The molecular formula is C16H22N2O. The number of benzene rings is 1. The summed E-state index contributed by atoms with van der Waals surface area (Å²) in [6.07, 6.45) is 0. The number of aryl methyl sites for hydroxylation is 3. The topological polar surface area (TPSA) is 38.0 Å². The highest BCUT2D eigenvalue weighted by Crippen LogP contribution is 2.34. The fourth-order valence-electron chi connectivity index (χ4n) is 2.43. The Labute approximate surface area is 114 Å². The molecule has 0 bridgehead atoms. The normalized spacial score (nSPS) is 11.9. The number of hydrogen-bond acceptors (Lipinski definition) is 2. The highest BCUT2D eigenvalue weighted by molar-refractivity contribution is 5.46. The van der Waals surface area contributed by atoms with E-state index in [0.29, 0.717) is 0 Å². The first-order valence-electron chi connectivity index (χ1n) is 6.58. The smallest absolute Gasteiger partial charge is 0.218 e. The molecule has 0 fully saturated rings. The second-order valence-electron chi connectivity index (χ2n) is 6.21. The van der Waals surface area contributed by atoms with Crippen LogP contribution in [0.15, 0.2) is 18.2 Å². The lowest BCUT2D eigenvalue weighted by atomic mass is 9.87. The Morgan fingerprint density at radius 1 is 1.05 bits per heavy atom. The van der Waals surface area contributed by atoms with Crippen LogP contribution < -0.4 is 0 Å². The molecule has 0 saturated carbocycles. The second-order valence-corrected chi connectivity index (χ2v) is 6.21. The minimum atomic E-state index is -0.119. The van der Waals surface area contributed by atoms with Crippen LogP contribution in [0.25, 0.3) is 5.69 Å². The molecule has 0 amide bonds. The van der Waals surface area contributed by atoms with Gasteiger partial charge in [-0.3, -0.25) is 0 Å². The molecule has 0 aliphatic carbocycles. The molecule has 3 nitrogen and oxygen atoms in total. The largest absolute Gasteiger partial charge is 0.493 e. The maximum atomic E-state index is 10.5. The van der Waals surface area contributed by atoms with Gasteiger partial charge in [0.25, 0.3) is 0 Å². The lowest BCUT2D eigenvalue weighted by Crippen LogP contribution is -2.12. The minimum absolute atomic E-state index is 0.119. The van der Waals surface area contributed by atoms with Crippen LogP contribution in [-0.2, 0) is 5.41 Å². The first-order chi connectivity index (χ1) is 8.71. The molecule has 19 heavy (non-hydrogen) atoms. The molecule has 0 spiro atoms. The van der Waals surface area contributed by atoms with Crippen LogP contribution >= 0.6 is 0 Å². The Kier molecular flexibility index (Phi) is 3.17. The van der Waals surface area contributed by atoms with Crippen LogP contribution in [-0.4, -0.2) is 14.9 Å². The van der Waals surface area contributed by atoms with Gasteiger partial charge in [0.2, 0.25) is 5.88 Å². The van der Waals surface area contributed by atoms with E-state index in [1.54, 1.807) is 4.68 Å². The molecule has 0 saturated heterocycles. The van der Waals surface area contributed by atoms with Crippen LogP contribution in [0, 0.1) is 20.8 Å². The summed E-state index contributed by atoms with van der Waals surface area (Å²) in [7, 11) is 0. The number of nitrogens with zero attached hydrogens (tertiary/aromatic N) is 2. The maximum absolute atomic E-state index is 10.5. The molecular weight excluding hydrogens is 236 g/mol. The van der Waals surface area contributed by atoms with E-state index in [0.717, 1.165) is 16.9 Å². The zero-order valence-electron chi connectivity index (χ0n) is 12.6. The Balaban J connectivity index is 2.61. The van der Waals surface area contributed by atoms with E-state index in [-0.39, 0.29) is 11.3 Å². The van der Waals surface area contributed by atoms with Gasteiger partial charge in [0.1, 0.15) is 0 Å². The van der Waals surface area contributed by atoms with Crippen LogP contribution in [0.1, 0.15) is 43.2 Å². The van der Waals surface area contributed by atoms with Crippen molar-refractivity contribution >= 4 is 0 Å². The van der Waals surface area contributed by atoms with Crippen molar-refractivity contribution in [2.45, 2.75) is 47.0 Å². The number of aromatic hydroxyl groups is 1. The molecule has 0 atom stereocenters. The van der Waals surface area contributed by atoms with Gasteiger partial charge in [-0.2, -0.15) is 5.10 Å². The molecule has 2 rings (SSSR count). The average Bonchev–Trinajstić information content (AvgIpc) is 2.57. The summed E-state index contributed by atoms with van der Waals surface area (Å²) in [4.78, 5) is 0. The third kappa shape index (κ3) is 2.37. The van der Waals surface area contributed by atoms with Crippen LogP contribution in [0.4, 0.5) is 0 Å². The summed E-state index contributed by atoms with van der Waals surface area (Å²) in [6, 6.07) is 6.09. The van der Waals surface area contributed by atoms with Crippen molar-refractivity contribution < 1.29 is 5.11 Å². The first kappa shape index (κ1) is 13.7. The van der Waals surface area contributed by atoms with Crippen molar-refractivity contribution in [3.05, 3.63) is 40.6 Å². The Hall–Kier alpha value is -1.77. The Morgan fingerprint density at radius 2 is 1.68 bits per heavy atom. The van der Waals surface area contributed by atoms with E-state index in [1.807, 2.05) is 19.1 Å². The molecule has 1 heterocycles. The van der Waals surface area contributed by atoms with Crippen molar-refractivity contribution in [1.82, 2.24) is 9.78 Å². The molecule has 0 unspecified atom stereocenters. The van der Waals surface area contributed by atoms with E-state index in [9.17, 15) is 5.11 Å². The van der Waals surface area contributed by atoms with Crippen LogP contribution in [0.2, 0.25) is 0 Å². The van der Waals surface area contributed by atoms with Crippen LogP contribution in [0.3, 0.4) is 0 Å². The number of rotatable bonds is 1. The van der Waals surface area contributed by atoms with Gasteiger partial charge in [-0.05, 0) is 49.4 Å². The van der Waals surface area contributed by atoms with E-state index < -0.39 is 0 Å². The standard InChI is InChI=1S/C16H22N2O/c1-10-7-8-13(9-11(10)2)18-15(19)14(12(3)17-18)16(4,5)6/h7-9,19H,1-6H3. The van der Waals surface area contributed by atoms with E-state index >= 15 is 0 Å². The fraction of sp³-hybridized carbons (Fsp3) is 0.438. The van der Waals surface area contributed by atoms with Gasteiger partial charge in [0.05, 0.1) is 11.4 Å². The van der Waals surface area contributed by atoms with Gasteiger partial charge in [0, 0.05) is 5.56 Å². The van der Waals surface area contributed by atoms with Gasteiger partial charge < -0.3 is 5.11 Å². The van der Waals surface area contributed by atoms with Crippen LogP contribution in [0.5, 0.6) is 5.88 Å². The highest BCUT2D eigenvalue weighted by Gasteiger charge is 2.26. The Morgan fingerprint density at radius 3 is 2.16 bits per heavy atom. The predicted molar refractivity (Wildman–Crippen MR) is 78.1 cm³/mol. The average molecular weight is 258 g/mol. The van der Waals surface area contributed by atoms with Gasteiger partial charge in [-0.1, -0.05) is 26.8 Å². The molecule has 0 aliphatic heterocycles. The first-order valence-corrected chi connectivity index (χ1v) is 6.58. The summed E-state index contributed by atoms with van der Waals surface area (Å²) in [5.74, 6) is 0.244. The van der Waals surface area contributed by atoms with E-state index in [1.165, 1.54) is 11.1 Å². The minimum Gasteiger partial charge on any atom is -0.493 e. The summed E-state index contributed by atoms with van der Waals surface area (Å²) >= 11 is 0. The lowest BCUT2D eigenvalue weighted by Gasteiger charge is -2.18. The molecule has 2 aromatic rings. The quantitative estimate of drug-likeness (QED) is 0.845. The van der Waals surface area contributed by atoms with Crippen molar-refractivity contribution in [1.29, 1.82) is 0 Å². The van der Waals surface area contributed by atoms with Gasteiger partial charge >= 0.3 is 0 Å². The summed E-state index contributed by atoms with van der Waals surface area (Å²) in [6.45, 7) is 12.3. The SMILES string of the molecule is Cc1ccc(-n2nc(C)c(C(C)(C)C)c2O)cc1C. The predicted octanol–water partition coefficient (Wildman–Crippen LogP) is 3.80. The molecule has 3 heteroatoms. The molecule has 102 valence electrons. The molecule has 0 radical (unpaired) electrons. The summed E-state index contributed by atoms with van der Waals surface area (Å²) in [5, 5.41) is 14.9. The van der Waals surface area contributed by atoms with Crippen molar-refractivity contribution in [2.24, 2.45) is 0 Å². The van der Waals surface area contributed by atoms with Crippen molar-refractivity contribution in [2.75, 3.05) is 0 Å². The van der Waals surface area contributed by atoms with E-state index in [2.05, 4.69) is 45.8 Å². The zero-order valence-corrected chi connectivity index (χ0v) is 12.6. The fourth-order valence-corrected chi connectivity index (χ4v) is 2.43. The summed E-state index contributed by atoms with van der Waals surface area (Å²) in [5.41, 5.74) is 5.00. The monoisotopic (exact) mass is 258 g/mol. The molecule has 1 aromatic heterocycles. The number of hydrogen-bond donors (Lipinski definition) is 1. The lowest BCUT2D eigenvalue weighted by molar-refractivity contribution is 0.413. The van der Waals surface area contributed by atoms with Gasteiger partial charge in [0.15, 0.2) is 0 Å². The highest BCUT2D eigenvalue weighted by atomic mass is 16.3. The van der Waals surface area contributed by atoms with Crippen molar-refractivity contribution in [3.63, 3.8) is 0 Å². The van der Waals surface area contributed by atoms with E-state index in [4.69, 9.17) is 0 Å². The Bertz CT molecular complexity index is 618. The molecule has 1 N–H and O–H groups in total. The van der Waals surface area contributed by atoms with Gasteiger partial charge in [-0.25, -0.2) is 4.68 Å².